The van der Waals surface area contributed by atoms with Crippen molar-refractivity contribution < 1.29 is 14.3 Å². The Morgan fingerprint density at radius 1 is 1.07 bits per heavy atom. The quantitative estimate of drug-likeness (QED) is 0.178. The van der Waals surface area contributed by atoms with E-state index < -0.39 is 0 Å². The monoisotopic (exact) mass is 424 g/mol. The maximum atomic E-state index is 12.5. The smallest absolute Gasteiger partial charge is 0.338 e. The highest BCUT2D eigenvalue weighted by atomic mass is 32.2. The molecule has 0 atom stereocenters. The summed E-state index contributed by atoms with van der Waals surface area (Å²) in [4.78, 5) is 13.7. The summed E-state index contributed by atoms with van der Waals surface area (Å²) in [5.41, 5.74) is 2.88. The standard InChI is InChI=1S/C26H32O3S/c1-2-29-26(27)25(19-21-9-6-7-10-21)23-13-15-24(16-14-23)30-18-8-17-28-20-22-11-4-3-5-12-22/h3-5,11-16,19,21H,2,6-10,17-18,20H2,1H3/b25-19+. The summed E-state index contributed by atoms with van der Waals surface area (Å²) in [7, 11) is 0. The van der Waals surface area contributed by atoms with Gasteiger partial charge in [-0.2, -0.15) is 0 Å². The SMILES string of the molecule is CCOC(=O)/C(=C/C1CCCC1)c1ccc(SCCCOCc2ccccc2)cc1. The van der Waals surface area contributed by atoms with E-state index in [2.05, 4.69) is 30.3 Å². The highest BCUT2D eigenvalue weighted by Gasteiger charge is 2.19. The average Bonchev–Trinajstić information content (AvgIpc) is 3.29. The molecule has 3 rings (SSSR count). The molecule has 1 aliphatic carbocycles. The van der Waals surface area contributed by atoms with E-state index in [1.165, 1.54) is 36.1 Å². The van der Waals surface area contributed by atoms with Gasteiger partial charge in [0.25, 0.3) is 0 Å². The van der Waals surface area contributed by atoms with E-state index in [0.29, 0.717) is 19.1 Å². The van der Waals surface area contributed by atoms with Crippen molar-refractivity contribution in [2.45, 2.75) is 50.5 Å². The van der Waals surface area contributed by atoms with Gasteiger partial charge in [-0.15, -0.1) is 11.8 Å². The first-order chi connectivity index (χ1) is 14.8. The van der Waals surface area contributed by atoms with Crippen LogP contribution in [0.15, 0.2) is 65.6 Å². The number of allylic oxidation sites excluding steroid dienone is 1. The van der Waals surface area contributed by atoms with Crippen LogP contribution in [-0.2, 0) is 20.9 Å². The molecule has 1 fully saturated rings. The molecule has 1 saturated carbocycles. The lowest BCUT2D eigenvalue weighted by Gasteiger charge is -2.11. The summed E-state index contributed by atoms with van der Waals surface area (Å²) in [6.45, 7) is 3.69. The zero-order valence-electron chi connectivity index (χ0n) is 17.8. The number of carbonyl (C=O) groups is 1. The van der Waals surface area contributed by atoms with Crippen molar-refractivity contribution in [2.75, 3.05) is 19.0 Å². The molecular formula is C26H32O3S. The van der Waals surface area contributed by atoms with E-state index in [1.807, 2.05) is 49.0 Å². The van der Waals surface area contributed by atoms with Gasteiger partial charge >= 0.3 is 5.97 Å². The number of rotatable bonds is 11. The van der Waals surface area contributed by atoms with Gasteiger partial charge in [0.2, 0.25) is 0 Å². The van der Waals surface area contributed by atoms with Gasteiger partial charge in [-0.3, -0.25) is 0 Å². The summed E-state index contributed by atoms with van der Waals surface area (Å²) in [5, 5.41) is 0. The van der Waals surface area contributed by atoms with E-state index in [1.54, 1.807) is 0 Å². The Morgan fingerprint density at radius 2 is 1.80 bits per heavy atom. The number of benzene rings is 2. The predicted octanol–water partition coefficient (Wildman–Crippen LogP) is 6.52. The van der Waals surface area contributed by atoms with Crippen LogP contribution in [0.5, 0.6) is 0 Å². The Balaban J connectivity index is 1.47. The van der Waals surface area contributed by atoms with E-state index in [4.69, 9.17) is 9.47 Å². The molecule has 3 nitrogen and oxygen atoms in total. The van der Waals surface area contributed by atoms with Crippen molar-refractivity contribution in [1.29, 1.82) is 0 Å². The fraction of sp³-hybridized carbons (Fsp3) is 0.423. The number of esters is 1. The molecule has 0 spiro atoms. The molecule has 30 heavy (non-hydrogen) atoms. The first-order valence-corrected chi connectivity index (χ1v) is 12.0. The maximum Gasteiger partial charge on any atom is 0.338 e. The van der Waals surface area contributed by atoms with Crippen LogP contribution in [-0.4, -0.2) is 24.9 Å². The number of carbonyl (C=O) groups excluding carboxylic acids is 1. The van der Waals surface area contributed by atoms with Gasteiger partial charge in [0, 0.05) is 17.3 Å². The van der Waals surface area contributed by atoms with Crippen molar-refractivity contribution in [3.8, 4) is 0 Å². The number of hydrogen-bond donors (Lipinski definition) is 0. The van der Waals surface area contributed by atoms with Crippen molar-refractivity contribution in [2.24, 2.45) is 5.92 Å². The largest absolute Gasteiger partial charge is 0.462 e. The number of thioether (sulfide) groups is 1. The van der Waals surface area contributed by atoms with Gasteiger partial charge in [0.05, 0.1) is 18.8 Å². The van der Waals surface area contributed by atoms with Gasteiger partial charge in [-0.1, -0.05) is 61.4 Å². The molecule has 0 N–H and O–H groups in total. The average molecular weight is 425 g/mol. The molecule has 0 unspecified atom stereocenters. The van der Waals surface area contributed by atoms with Crippen LogP contribution in [0.3, 0.4) is 0 Å². The highest BCUT2D eigenvalue weighted by Crippen LogP contribution is 2.30. The summed E-state index contributed by atoms with van der Waals surface area (Å²) in [6.07, 6.45) is 7.99. The Bertz CT molecular complexity index is 793. The summed E-state index contributed by atoms with van der Waals surface area (Å²) >= 11 is 1.82. The normalized spacial score (nSPS) is 14.8. The van der Waals surface area contributed by atoms with Crippen LogP contribution in [0.4, 0.5) is 0 Å². The van der Waals surface area contributed by atoms with E-state index >= 15 is 0 Å². The number of ether oxygens (including phenoxy) is 2. The van der Waals surface area contributed by atoms with Gasteiger partial charge < -0.3 is 9.47 Å². The summed E-state index contributed by atoms with van der Waals surface area (Å²) in [5.74, 6) is 1.30. The minimum atomic E-state index is -0.208. The lowest BCUT2D eigenvalue weighted by Crippen LogP contribution is -2.08. The predicted molar refractivity (Wildman–Crippen MR) is 124 cm³/mol. The second kappa shape index (κ2) is 12.6. The fourth-order valence-corrected chi connectivity index (χ4v) is 4.52. The lowest BCUT2D eigenvalue weighted by molar-refractivity contribution is -0.136. The molecule has 160 valence electrons. The van der Waals surface area contributed by atoms with Crippen LogP contribution in [0, 0.1) is 5.92 Å². The van der Waals surface area contributed by atoms with Crippen molar-refractivity contribution in [3.63, 3.8) is 0 Å². The molecule has 0 aromatic heterocycles. The highest BCUT2D eigenvalue weighted by molar-refractivity contribution is 7.99. The van der Waals surface area contributed by atoms with Crippen LogP contribution >= 0.6 is 11.8 Å². The van der Waals surface area contributed by atoms with Crippen LogP contribution in [0.25, 0.3) is 5.57 Å². The van der Waals surface area contributed by atoms with Crippen LogP contribution in [0.1, 0.15) is 50.2 Å². The number of hydrogen-bond acceptors (Lipinski definition) is 4. The second-order valence-corrected chi connectivity index (χ2v) is 8.78. The molecule has 0 heterocycles. The molecule has 0 aliphatic heterocycles. The molecule has 2 aromatic carbocycles. The molecule has 2 aromatic rings. The maximum absolute atomic E-state index is 12.5. The van der Waals surface area contributed by atoms with Crippen molar-refractivity contribution >= 4 is 23.3 Å². The van der Waals surface area contributed by atoms with E-state index in [9.17, 15) is 4.79 Å². The molecule has 4 heteroatoms. The third kappa shape index (κ3) is 7.33. The minimum Gasteiger partial charge on any atom is -0.462 e. The second-order valence-electron chi connectivity index (χ2n) is 7.61. The Morgan fingerprint density at radius 3 is 2.50 bits per heavy atom. The molecular weight excluding hydrogens is 392 g/mol. The summed E-state index contributed by atoms with van der Waals surface area (Å²) < 4.78 is 11.1. The van der Waals surface area contributed by atoms with E-state index in [-0.39, 0.29) is 5.97 Å². The van der Waals surface area contributed by atoms with Crippen molar-refractivity contribution in [1.82, 2.24) is 0 Å². The third-order valence-electron chi connectivity index (χ3n) is 5.28. The Hall–Kier alpha value is -2.04. The van der Waals surface area contributed by atoms with Gasteiger partial charge in [0.1, 0.15) is 0 Å². The van der Waals surface area contributed by atoms with Gasteiger partial charge in [-0.25, -0.2) is 4.79 Å². The molecule has 0 bridgehead atoms. The summed E-state index contributed by atoms with van der Waals surface area (Å²) in [6, 6.07) is 18.6. The topological polar surface area (TPSA) is 35.5 Å². The third-order valence-corrected chi connectivity index (χ3v) is 6.37. The lowest BCUT2D eigenvalue weighted by atomic mass is 9.99. The molecule has 0 radical (unpaired) electrons. The van der Waals surface area contributed by atoms with E-state index in [0.717, 1.165) is 29.9 Å². The Kier molecular flexibility index (Phi) is 9.52. The molecule has 0 saturated heterocycles. The molecule has 1 aliphatic rings. The molecule has 0 amide bonds. The minimum absolute atomic E-state index is 0.208. The zero-order valence-corrected chi connectivity index (χ0v) is 18.7. The van der Waals surface area contributed by atoms with Gasteiger partial charge in [-0.05, 0) is 55.4 Å². The van der Waals surface area contributed by atoms with Crippen molar-refractivity contribution in [3.05, 3.63) is 71.8 Å². The van der Waals surface area contributed by atoms with Crippen LogP contribution < -0.4 is 0 Å². The fourth-order valence-electron chi connectivity index (χ4n) is 3.70. The first kappa shape index (κ1) is 22.6. The zero-order chi connectivity index (χ0) is 21.0. The van der Waals surface area contributed by atoms with Gasteiger partial charge in [0.15, 0.2) is 0 Å². The Labute approximate surface area is 184 Å². The van der Waals surface area contributed by atoms with Crippen LogP contribution in [0.2, 0.25) is 0 Å². The first-order valence-electron chi connectivity index (χ1n) is 11.0.